The number of carbonyl (C=O) groups is 3. The second-order valence-corrected chi connectivity index (χ2v) is 13.0. The number of aryl methyl sites for hydroxylation is 1. The zero-order chi connectivity index (χ0) is 29.4. The Bertz CT molecular complexity index is 1200. The van der Waals surface area contributed by atoms with Gasteiger partial charge in [0.1, 0.15) is 24.4 Å². The second kappa shape index (κ2) is 15.0. The van der Waals surface area contributed by atoms with Crippen molar-refractivity contribution in [3.8, 4) is 5.75 Å². The van der Waals surface area contributed by atoms with Crippen LogP contribution < -0.4 is 26.0 Å². The number of rotatable bonds is 5. The van der Waals surface area contributed by atoms with Gasteiger partial charge in [-0.3, -0.25) is 19.7 Å². The molecule has 3 amide bonds. The predicted molar refractivity (Wildman–Crippen MR) is 169 cm³/mol. The molecule has 0 radical (unpaired) electrons. The molecule has 9 heteroatoms. The van der Waals surface area contributed by atoms with E-state index in [0.29, 0.717) is 31.9 Å². The maximum absolute atomic E-state index is 13.8. The van der Waals surface area contributed by atoms with Crippen molar-refractivity contribution in [3.63, 3.8) is 0 Å². The van der Waals surface area contributed by atoms with E-state index < -0.39 is 18.1 Å². The van der Waals surface area contributed by atoms with Crippen molar-refractivity contribution in [1.29, 1.82) is 0 Å². The van der Waals surface area contributed by atoms with Gasteiger partial charge in [-0.05, 0) is 96.4 Å². The molecule has 41 heavy (non-hydrogen) atoms. The van der Waals surface area contributed by atoms with Gasteiger partial charge < -0.3 is 20.7 Å². The van der Waals surface area contributed by atoms with Crippen molar-refractivity contribution in [3.05, 3.63) is 63.2 Å². The summed E-state index contributed by atoms with van der Waals surface area (Å²) in [6.07, 6.45) is 4.73. The molecule has 1 heterocycles. The summed E-state index contributed by atoms with van der Waals surface area (Å²) in [5.74, 6) is 0.346. The third kappa shape index (κ3) is 9.70. The molecule has 1 aliphatic heterocycles. The molecule has 8 nitrogen and oxygen atoms in total. The van der Waals surface area contributed by atoms with E-state index in [2.05, 4.69) is 49.9 Å². The number of para-hydroxylation sites is 1. The number of benzene rings is 2. The van der Waals surface area contributed by atoms with E-state index in [1.165, 1.54) is 0 Å². The molecule has 1 aliphatic carbocycles. The van der Waals surface area contributed by atoms with E-state index in [4.69, 9.17) is 4.74 Å². The van der Waals surface area contributed by atoms with Crippen LogP contribution in [0.5, 0.6) is 5.75 Å². The van der Waals surface area contributed by atoms with Crippen LogP contribution in [0.3, 0.4) is 0 Å². The molecule has 1 saturated carbocycles. The normalized spacial score (nSPS) is 25.1. The second-order valence-electron chi connectivity index (χ2n) is 11.7. The Morgan fingerprint density at radius 1 is 0.951 bits per heavy atom. The van der Waals surface area contributed by atoms with Crippen molar-refractivity contribution in [2.45, 2.75) is 83.5 Å². The first-order valence-corrected chi connectivity index (χ1v) is 15.9. The number of amides is 3. The summed E-state index contributed by atoms with van der Waals surface area (Å²) in [6.45, 7) is 6.69. The Balaban J connectivity index is 1.59. The Hall–Kier alpha value is -2.66. The molecule has 4 rings (SSSR count). The Morgan fingerprint density at radius 3 is 2.46 bits per heavy atom. The third-order valence-corrected chi connectivity index (χ3v) is 8.33. The monoisotopic (exact) mass is 674 g/mol. The van der Waals surface area contributed by atoms with Crippen LogP contribution in [0.4, 0.5) is 0 Å². The lowest BCUT2D eigenvalue weighted by atomic mass is 9.99. The van der Waals surface area contributed by atoms with Crippen LogP contribution in [0.25, 0.3) is 0 Å². The molecule has 2 aromatic rings. The summed E-state index contributed by atoms with van der Waals surface area (Å²) in [5, 5.41) is 12.5. The SMILES string of the molecule is CC1COc2ccccc2CCCNC(=O)[C@H](CC2CC2)NC(=O)[C@@H](C(C)C)NC(=O)[C@@H](Cc2cccc(I)c2)N1. The molecule has 0 bridgehead atoms. The maximum Gasteiger partial charge on any atom is 0.243 e. The number of ether oxygens (including phenoxy) is 1. The number of hydrogen-bond donors (Lipinski definition) is 4. The van der Waals surface area contributed by atoms with Crippen LogP contribution in [0, 0.1) is 15.4 Å². The highest BCUT2D eigenvalue weighted by atomic mass is 127. The van der Waals surface area contributed by atoms with Gasteiger partial charge in [0.2, 0.25) is 17.7 Å². The van der Waals surface area contributed by atoms with Gasteiger partial charge in [-0.15, -0.1) is 0 Å². The van der Waals surface area contributed by atoms with Crippen LogP contribution in [-0.4, -0.2) is 55.0 Å². The van der Waals surface area contributed by atoms with E-state index in [1.807, 2.05) is 63.2 Å². The minimum Gasteiger partial charge on any atom is -0.492 e. The summed E-state index contributed by atoms with van der Waals surface area (Å²) in [4.78, 5) is 40.4. The molecular weight excluding hydrogens is 631 g/mol. The van der Waals surface area contributed by atoms with Gasteiger partial charge in [-0.2, -0.15) is 0 Å². The smallest absolute Gasteiger partial charge is 0.243 e. The molecule has 0 spiro atoms. The van der Waals surface area contributed by atoms with Crippen molar-refractivity contribution in [1.82, 2.24) is 21.3 Å². The predicted octanol–water partition coefficient (Wildman–Crippen LogP) is 3.75. The number of halogens is 1. The van der Waals surface area contributed by atoms with Gasteiger partial charge in [-0.25, -0.2) is 0 Å². The number of hydrogen-bond acceptors (Lipinski definition) is 5. The molecular formula is C32H43IN4O4. The molecule has 4 atom stereocenters. The topological polar surface area (TPSA) is 109 Å². The van der Waals surface area contributed by atoms with Crippen LogP contribution in [0.1, 0.15) is 57.6 Å². The maximum atomic E-state index is 13.8. The zero-order valence-electron chi connectivity index (χ0n) is 24.3. The number of fused-ring (bicyclic) bond motifs is 1. The molecule has 0 saturated heterocycles. The lowest BCUT2D eigenvalue weighted by Gasteiger charge is -2.29. The molecule has 1 unspecified atom stereocenters. The molecule has 222 valence electrons. The molecule has 2 aromatic carbocycles. The molecule has 2 aliphatic rings. The lowest BCUT2D eigenvalue weighted by molar-refractivity contribution is -0.133. The van der Waals surface area contributed by atoms with E-state index >= 15 is 0 Å². The van der Waals surface area contributed by atoms with Crippen LogP contribution >= 0.6 is 22.6 Å². The van der Waals surface area contributed by atoms with Crippen LogP contribution in [0.2, 0.25) is 0 Å². The van der Waals surface area contributed by atoms with Crippen molar-refractivity contribution in [2.75, 3.05) is 13.2 Å². The van der Waals surface area contributed by atoms with Gasteiger partial charge >= 0.3 is 0 Å². The first-order chi connectivity index (χ1) is 19.7. The minimum atomic E-state index is -0.769. The van der Waals surface area contributed by atoms with Gasteiger partial charge in [0.25, 0.3) is 0 Å². The largest absolute Gasteiger partial charge is 0.492 e. The van der Waals surface area contributed by atoms with Crippen molar-refractivity contribution >= 4 is 40.3 Å². The van der Waals surface area contributed by atoms with Crippen molar-refractivity contribution in [2.24, 2.45) is 11.8 Å². The minimum absolute atomic E-state index is 0.131. The summed E-state index contributed by atoms with van der Waals surface area (Å²) >= 11 is 2.27. The van der Waals surface area contributed by atoms with E-state index in [9.17, 15) is 14.4 Å². The summed E-state index contributed by atoms with van der Waals surface area (Å²) in [7, 11) is 0. The van der Waals surface area contributed by atoms with Gasteiger partial charge in [-0.1, -0.05) is 57.0 Å². The molecule has 1 fully saturated rings. The van der Waals surface area contributed by atoms with E-state index in [0.717, 1.165) is 46.1 Å². The number of carbonyl (C=O) groups excluding carboxylic acids is 3. The first kappa shape index (κ1) is 31.3. The van der Waals surface area contributed by atoms with Crippen LogP contribution in [-0.2, 0) is 27.2 Å². The van der Waals surface area contributed by atoms with E-state index in [1.54, 1.807) is 0 Å². The lowest BCUT2D eigenvalue weighted by Crippen LogP contribution is -2.59. The average Bonchev–Trinajstić information content (AvgIpc) is 3.76. The highest BCUT2D eigenvalue weighted by molar-refractivity contribution is 14.1. The first-order valence-electron chi connectivity index (χ1n) is 14.8. The summed E-state index contributed by atoms with van der Waals surface area (Å²) in [5.41, 5.74) is 2.10. The zero-order valence-corrected chi connectivity index (χ0v) is 26.4. The fourth-order valence-corrected chi connectivity index (χ4v) is 5.77. The highest BCUT2D eigenvalue weighted by Gasteiger charge is 2.34. The van der Waals surface area contributed by atoms with Gasteiger partial charge in [0.05, 0.1) is 6.04 Å². The Morgan fingerprint density at radius 2 is 1.73 bits per heavy atom. The highest BCUT2D eigenvalue weighted by Crippen LogP contribution is 2.33. The van der Waals surface area contributed by atoms with Gasteiger partial charge in [0, 0.05) is 16.2 Å². The number of nitrogens with one attached hydrogen (secondary N) is 4. The summed E-state index contributed by atoms with van der Waals surface area (Å²) in [6, 6.07) is 13.9. The Labute approximate surface area is 257 Å². The standard InChI is InChI=1S/C32H43IN4O4/c1-20(2)29-32(40)36-26(17-22-13-14-22)30(38)34-15-7-10-24-9-4-5-12-28(24)41-19-21(3)35-27(31(39)37-29)18-23-8-6-11-25(33)16-23/h4-6,8-9,11-12,16,20-22,26-27,29,35H,7,10,13-15,17-19H2,1-3H3,(H,34,38)(H,36,40)(H,37,39)/t21?,26-,27+,29+/m0/s1. The molecule has 0 aromatic heterocycles. The average molecular weight is 675 g/mol. The van der Waals surface area contributed by atoms with E-state index in [-0.39, 0.29) is 29.7 Å². The molecule has 4 N–H and O–H groups in total. The third-order valence-electron chi connectivity index (χ3n) is 7.66. The van der Waals surface area contributed by atoms with Crippen LogP contribution in [0.15, 0.2) is 48.5 Å². The van der Waals surface area contributed by atoms with Gasteiger partial charge in [0.15, 0.2) is 0 Å². The Kier molecular flexibility index (Phi) is 11.4. The fourth-order valence-electron chi connectivity index (χ4n) is 5.17. The summed E-state index contributed by atoms with van der Waals surface area (Å²) < 4.78 is 7.31. The quantitative estimate of drug-likeness (QED) is 0.362. The van der Waals surface area contributed by atoms with Crippen molar-refractivity contribution < 1.29 is 19.1 Å². The fraction of sp³-hybridized carbons (Fsp3) is 0.531.